The zero-order valence-electron chi connectivity index (χ0n) is 7.49. The average Bonchev–Trinajstić information content (AvgIpc) is 2.53. The zero-order chi connectivity index (χ0) is 10.7. The van der Waals surface area contributed by atoms with E-state index in [1.165, 1.54) is 7.11 Å². The maximum Gasteiger partial charge on any atom is 0.331 e. The van der Waals surface area contributed by atoms with Crippen molar-refractivity contribution in [1.82, 2.24) is 10.0 Å². The molecule has 0 aliphatic carbocycles. The average molecular weight is 218 g/mol. The van der Waals surface area contributed by atoms with Gasteiger partial charge in [0.2, 0.25) is 12.8 Å². The molecule has 0 N–H and O–H groups in total. The van der Waals surface area contributed by atoms with Crippen molar-refractivity contribution >= 4 is 31.4 Å². The summed E-state index contributed by atoms with van der Waals surface area (Å²) in [6, 6.07) is -0.828. The number of hydrogen-bond donors (Lipinski definition) is 1. The van der Waals surface area contributed by atoms with Crippen molar-refractivity contribution in [1.29, 1.82) is 0 Å². The summed E-state index contributed by atoms with van der Waals surface area (Å²) in [7, 11) is 1.22. The lowest BCUT2D eigenvalue weighted by molar-refractivity contribution is -0.157. The van der Waals surface area contributed by atoms with Gasteiger partial charge in [0.25, 0.3) is 0 Å². The SMILES string of the molecule is COC(=O)C1C(S)CN(C=O)N1C=O. The molecule has 78 valence electrons. The first-order valence-electron chi connectivity index (χ1n) is 3.87. The highest BCUT2D eigenvalue weighted by Gasteiger charge is 2.42. The molecule has 0 radical (unpaired) electrons. The van der Waals surface area contributed by atoms with E-state index in [0.29, 0.717) is 12.8 Å². The lowest BCUT2D eigenvalue weighted by atomic mass is 10.2. The van der Waals surface area contributed by atoms with Gasteiger partial charge in [-0.2, -0.15) is 12.6 Å². The molecule has 1 rings (SSSR count). The number of nitrogens with zero attached hydrogens (tertiary/aromatic N) is 2. The number of rotatable bonds is 3. The summed E-state index contributed by atoms with van der Waals surface area (Å²) in [6.07, 6.45) is 0.882. The van der Waals surface area contributed by atoms with Crippen LogP contribution in [-0.4, -0.2) is 53.8 Å². The second-order valence-corrected chi connectivity index (χ2v) is 3.41. The third kappa shape index (κ3) is 1.67. The maximum absolute atomic E-state index is 11.2. The van der Waals surface area contributed by atoms with E-state index in [0.717, 1.165) is 10.0 Å². The van der Waals surface area contributed by atoms with Gasteiger partial charge in [-0.15, -0.1) is 0 Å². The molecular weight excluding hydrogens is 208 g/mol. The van der Waals surface area contributed by atoms with Crippen LogP contribution in [0.3, 0.4) is 0 Å². The molecule has 0 saturated carbocycles. The minimum atomic E-state index is -0.828. The van der Waals surface area contributed by atoms with Crippen LogP contribution in [0.5, 0.6) is 0 Å². The quantitative estimate of drug-likeness (QED) is 0.362. The number of hydrogen-bond acceptors (Lipinski definition) is 5. The molecule has 1 aliphatic heterocycles. The van der Waals surface area contributed by atoms with E-state index in [1.807, 2.05) is 0 Å². The number of hydrazine groups is 1. The van der Waals surface area contributed by atoms with Gasteiger partial charge in [-0.05, 0) is 0 Å². The van der Waals surface area contributed by atoms with Crippen LogP contribution in [-0.2, 0) is 19.1 Å². The fourth-order valence-corrected chi connectivity index (χ4v) is 1.76. The lowest BCUT2D eigenvalue weighted by Crippen LogP contribution is -2.44. The number of ether oxygens (including phenoxy) is 1. The molecule has 1 saturated heterocycles. The summed E-state index contributed by atoms with van der Waals surface area (Å²) in [5.41, 5.74) is 0. The summed E-state index contributed by atoms with van der Waals surface area (Å²) >= 11 is 4.11. The van der Waals surface area contributed by atoms with Crippen LogP contribution < -0.4 is 0 Å². The van der Waals surface area contributed by atoms with Gasteiger partial charge in [0.1, 0.15) is 0 Å². The van der Waals surface area contributed by atoms with Gasteiger partial charge in [-0.3, -0.25) is 14.6 Å². The Bertz CT molecular complexity index is 260. The molecule has 0 aromatic carbocycles. The molecule has 2 amide bonds. The summed E-state index contributed by atoms with van der Waals surface area (Å²) in [4.78, 5) is 32.4. The minimum absolute atomic E-state index is 0.213. The molecule has 6 nitrogen and oxygen atoms in total. The first-order chi connectivity index (χ1) is 6.65. The third-order valence-electron chi connectivity index (χ3n) is 1.99. The normalized spacial score (nSPS) is 26.1. The van der Waals surface area contributed by atoms with E-state index < -0.39 is 17.3 Å². The van der Waals surface area contributed by atoms with Crippen LogP contribution in [0.4, 0.5) is 0 Å². The minimum Gasteiger partial charge on any atom is -0.467 e. The van der Waals surface area contributed by atoms with Crippen molar-refractivity contribution in [3.8, 4) is 0 Å². The second-order valence-electron chi connectivity index (χ2n) is 2.75. The Labute approximate surface area is 86.2 Å². The van der Waals surface area contributed by atoms with Crippen molar-refractivity contribution in [2.75, 3.05) is 13.7 Å². The van der Waals surface area contributed by atoms with Crippen molar-refractivity contribution in [3.63, 3.8) is 0 Å². The molecule has 0 bridgehead atoms. The number of carbonyl (C=O) groups excluding carboxylic acids is 3. The van der Waals surface area contributed by atoms with E-state index >= 15 is 0 Å². The Morgan fingerprint density at radius 1 is 1.50 bits per heavy atom. The molecule has 0 spiro atoms. The molecule has 0 aromatic heterocycles. The van der Waals surface area contributed by atoms with Gasteiger partial charge in [0.05, 0.1) is 18.9 Å². The molecule has 2 atom stereocenters. The molecule has 2 unspecified atom stereocenters. The monoisotopic (exact) mass is 218 g/mol. The number of thiol groups is 1. The first kappa shape index (κ1) is 10.8. The topological polar surface area (TPSA) is 66.9 Å². The van der Waals surface area contributed by atoms with Crippen molar-refractivity contribution < 1.29 is 19.1 Å². The summed E-state index contributed by atoms with van der Waals surface area (Å²) < 4.78 is 4.50. The van der Waals surface area contributed by atoms with Crippen LogP contribution in [0.2, 0.25) is 0 Å². The van der Waals surface area contributed by atoms with Gasteiger partial charge in [0.15, 0.2) is 6.04 Å². The van der Waals surface area contributed by atoms with Gasteiger partial charge in [-0.1, -0.05) is 0 Å². The van der Waals surface area contributed by atoms with Gasteiger partial charge in [0, 0.05) is 0 Å². The highest BCUT2D eigenvalue weighted by Crippen LogP contribution is 2.21. The molecule has 1 aliphatic rings. The van der Waals surface area contributed by atoms with E-state index in [-0.39, 0.29) is 6.54 Å². The predicted octanol–water partition coefficient (Wildman–Crippen LogP) is -1.33. The maximum atomic E-state index is 11.2. The van der Waals surface area contributed by atoms with E-state index in [1.54, 1.807) is 0 Å². The Hall–Kier alpha value is -1.24. The number of amides is 2. The summed E-state index contributed by atoms with van der Waals surface area (Å²) in [5.74, 6) is -0.582. The van der Waals surface area contributed by atoms with Gasteiger partial charge in [-0.25, -0.2) is 9.80 Å². The van der Waals surface area contributed by atoms with Gasteiger partial charge >= 0.3 is 5.97 Å². The Balaban J connectivity index is 2.87. The second kappa shape index (κ2) is 4.32. The summed E-state index contributed by atoms with van der Waals surface area (Å²) in [5, 5.41) is 1.65. The fraction of sp³-hybridized carbons (Fsp3) is 0.571. The Kier molecular flexibility index (Phi) is 3.34. The molecular formula is C7H10N2O4S. The Morgan fingerprint density at radius 2 is 2.14 bits per heavy atom. The van der Waals surface area contributed by atoms with Crippen LogP contribution in [0.25, 0.3) is 0 Å². The zero-order valence-corrected chi connectivity index (χ0v) is 8.39. The first-order valence-corrected chi connectivity index (χ1v) is 4.38. The van der Waals surface area contributed by atoms with E-state index in [4.69, 9.17) is 0 Å². The largest absolute Gasteiger partial charge is 0.467 e. The van der Waals surface area contributed by atoms with Crippen LogP contribution >= 0.6 is 12.6 Å². The van der Waals surface area contributed by atoms with E-state index in [2.05, 4.69) is 17.4 Å². The molecule has 7 heteroatoms. The predicted molar refractivity (Wildman–Crippen MR) is 49.3 cm³/mol. The van der Waals surface area contributed by atoms with Crippen molar-refractivity contribution in [2.24, 2.45) is 0 Å². The molecule has 0 aromatic rings. The summed E-state index contributed by atoms with van der Waals surface area (Å²) in [6.45, 7) is 0.213. The highest BCUT2D eigenvalue weighted by molar-refractivity contribution is 7.81. The Morgan fingerprint density at radius 3 is 2.57 bits per heavy atom. The van der Waals surface area contributed by atoms with Crippen molar-refractivity contribution in [2.45, 2.75) is 11.3 Å². The standard InChI is InChI=1S/C7H10N2O4S/c1-13-7(12)6-5(14)2-8(3-10)9(6)4-11/h3-6,14H,2H2,1H3. The highest BCUT2D eigenvalue weighted by atomic mass is 32.1. The lowest BCUT2D eigenvalue weighted by Gasteiger charge is -2.23. The number of methoxy groups -OCH3 is 1. The van der Waals surface area contributed by atoms with Gasteiger partial charge < -0.3 is 4.74 Å². The number of carbonyl (C=O) groups is 3. The molecule has 1 heterocycles. The smallest absolute Gasteiger partial charge is 0.331 e. The van der Waals surface area contributed by atoms with Crippen molar-refractivity contribution in [3.05, 3.63) is 0 Å². The number of esters is 1. The van der Waals surface area contributed by atoms with Crippen LogP contribution in [0.15, 0.2) is 0 Å². The van der Waals surface area contributed by atoms with Crippen LogP contribution in [0, 0.1) is 0 Å². The van der Waals surface area contributed by atoms with E-state index in [9.17, 15) is 14.4 Å². The van der Waals surface area contributed by atoms with Crippen LogP contribution in [0.1, 0.15) is 0 Å². The molecule has 14 heavy (non-hydrogen) atoms. The third-order valence-corrected chi connectivity index (χ3v) is 2.44. The molecule has 1 fully saturated rings. The fourth-order valence-electron chi connectivity index (χ4n) is 1.33.